The van der Waals surface area contributed by atoms with Gasteiger partial charge in [-0.05, 0) is 54.3 Å². The molecule has 0 spiro atoms. The fraction of sp³-hybridized carbons (Fsp3) is 0.296. The first kappa shape index (κ1) is 24.8. The number of benzene rings is 2. The standard InChI is InChI=1S/C27H30N6O3/c1-19(2)11-16-29-27(35)26(20-12-14-28-15-13-20)33(21-7-6-8-22(17-21)36-3)25(34)18-32-24-10-5-4-9-23(24)30-31-32/h4-10,12-15,17,19,26H,11,16,18H2,1-3H3,(H,29,35)/t26-/m0/s1. The van der Waals surface area contributed by atoms with Crippen molar-refractivity contribution in [3.63, 3.8) is 0 Å². The normalized spacial score (nSPS) is 11.9. The lowest BCUT2D eigenvalue weighted by Crippen LogP contribution is -2.45. The van der Waals surface area contributed by atoms with Gasteiger partial charge in [0, 0.05) is 30.7 Å². The van der Waals surface area contributed by atoms with Crippen LogP contribution in [0.2, 0.25) is 0 Å². The molecule has 2 amide bonds. The zero-order valence-electron chi connectivity index (χ0n) is 20.7. The first-order valence-corrected chi connectivity index (χ1v) is 11.9. The number of nitrogens with zero attached hydrogens (tertiary/aromatic N) is 5. The topological polar surface area (TPSA) is 102 Å². The molecule has 2 heterocycles. The Hall–Kier alpha value is -4.27. The smallest absolute Gasteiger partial charge is 0.249 e. The van der Waals surface area contributed by atoms with E-state index in [1.807, 2.05) is 24.3 Å². The molecule has 0 unspecified atom stereocenters. The maximum Gasteiger partial charge on any atom is 0.249 e. The van der Waals surface area contributed by atoms with Crippen LogP contribution in [-0.2, 0) is 16.1 Å². The summed E-state index contributed by atoms with van der Waals surface area (Å²) >= 11 is 0. The van der Waals surface area contributed by atoms with E-state index >= 15 is 0 Å². The summed E-state index contributed by atoms with van der Waals surface area (Å²) in [5.41, 5.74) is 2.60. The van der Waals surface area contributed by atoms with E-state index in [0.29, 0.717) is 35.0 Å². The average Bonchev–Trinajstić information content (AvgIpc) is 3.30. The number of para-hydroxylation sites is 1. The summed E-state index contributed by atoms with van der Waals surface area (Å²) in [5.74, 6) is 0.410. The van der Waals surface area contributed by atoms with E-state index in [1.165, 1.54) is 4.90 Å². The lowest BCUT2D eigenvalue weighted by molar-refractivity contribution is -0.127. The molecular formula is C27H30N6O3. The van der Waals surface area contributed by atoms with E-state index in [-0.39, 0.29) is 18.4 Å². The Bertz CT molecular complexity index is 1320. The van der Waals surface area contributed by atoms with Crippen LogP contribution in [0.4, 0.5) is 5.69 Å². The number of hydrogen-bond donors (Lipinski definition) is 1. The molecule has 0 fully saturated rings. The van der Waals surface area contributed by atoms with Crippen LogP contribution < -0.4 is 15.0 Å². The van der Waals surface area contributed by atoms with Gasteiger partial charge in [-0.2, -0.15) is 0 Å². The van der Waals surface area contributed by atoms with Crippen molar-refractivity contribution < 1.29 is 14.3 Å². The van der Waals surface area contributed by atoms with Crippen LogP contribution in [0.1, 0.15) is 31.9 Å². The van der Waals surface area contributed by atoms with Gasteiger partial charge in [-0.1, -0.05) is 37.3 Å². The van der Waals surface area contributed by atoms with Gasteiger partial charge in [0.25, 0.3) is 0 Å². The van der Waals surface area contributed by atoms with Crippen LogP contribution in [0.15, 0.2) is 73.1 Å². The molecule has 9 nitrogen and oxygen atoms in total. The van der Waals surface area contributed by atoms with Gasteiger partial charge in [-0.15, -0.1) is 5.10 Å². The second-order valence-corrected chi connectivity index (χ2v) is 8.86. The Labute approximate surface area is 210 Å². The van der Waals surface area contributed by atoms with Crippen molar-refractivity contribution in [3.05, 3.63) is 78.6 Å². The Morgan fingerprint density at radius 3 is 2.58 bits per heavy atom. The minimum atomic E-state index is -0.922. The second-order valence-electron chi connectivity index (χ2n) is 8.86. The average molecular weight is 487 g/mol. The molecule has 0 aliphatic carbocycles. The Kier molecular flexibility index (Phi) is 7.89. The van der Waals surface area contributed by atoms with Crippen molar-refractivity contribution in [2.24, 2.45) is 5.92 Å². The van der Waals surface area contributed by atoms with Gasteiger partial charge in [0.1, 0.15) is 23.9 Å². The van der Waals surface area contributed by atoms with Crippen molar-refractivity contribution in [3.8, 4) is 5.75 Å². The summed E-state index contributed by atoms with van der Waals surface area (Å²) in [4.78, 5) is 33.2. The van der Waals surface area contributed by atoms with Gasteiger partial charge in [-0.25, -0.2) is 4.68 Å². The zero-order chi connectivity index (χ0) is 25.5. The first-order valence-electron chi connectivity index (χ1n) is 11.9. The molecule has 0 bridgehead atoms. The zero-order valence-corrected chi connectivity index (χ0v) is 20.7. The molecule has 0 saturated heterocycles. The number of anilines is 1. The number of ether oxygens (including phenoxy) is 1. The Morgan fingerprint density at radius 2 is 1.83 bits per heavy atom. The third kappa shape index (κ3) is 5.68. The molecule has 4 aromatic rings. The predicted octanol–water partition coefficient (Wildman–Crippen LogP) is 3.77. The van der Waals surface area contributed by atoms with Gasteiger partial charge in [0.2, 0.25) is 11.8 Å². The highest BCUT2D eigenvalue weighted by Gasteiger charge is 2.33. The largest absolute Gasteiger partial charge is 0.497 e. The molecule has 9 heteroatoms. The van der Waals surface area contributed by atoms with Crippen molar-refractivity contribution in [2.75, 3.05) is 18.6 Å². The number of rotatable bonds is 10. The molecule has 36 heavy (non-hydrogen) atoms. The molecule has 0 aliphatic rings. The highest BCUT2D eigenvalue weighted by molar-refractivity contribution is 6.01. The highest BCUT2D eigenvalue weighted by Crippen LogP contribution is 2.31. The minimum absolute atomic E-state index is 0.0986. The molecule has 0 aliphatic heterocycles. The fourth-order valence-corrected chi connectivity index (χ4v) is 3.98. The molecule has 4 rings (SSSR count). The van der Waals surface area contributed by atoms with Gasteiger partial charge >= 0.3 is 0 Å². The number of amides is 2. The van der Waals surface area contributed by atoms with Crippen LogP contribution in [-0.4, -0.2) is 45.4 Å². The van der Waals surface area contributed by atoms with E-state index in [4.69, 9.17) is 4.74 Å². The number of nitrogens with one attached hydrogen (secondary N) is 1. The van der Waals surface area contributed by atoms with Gasteiger partial charge < -0.3 is 10.1 Å². The predicted molar refractivity (Wildman–Crippen MR) is 137 cm³/mol. The number of fused-ring (bicyclic) bond motifs is 1. The summed E-state index contributed by atoms with van der Waals surface area (Å²) in [6.07, 6.45) is 4.05. The van der Waals surface area contributed by atoms with Crippen molar-refractivity contribution in [1.82, 2.24) is 25.3 Å². The van der Waals surface area contributed by atoms with E-state index in [2.05, 4.69) is 34.5 Å². The summed E-state index contributed by atoms with van der Waals surface area (Å²) in [7, 11) is 1.56. The van der Waals surface area contributed by atoms with Gasteiger partial charge in [0.15, 0.2) is 0 Å². The third-order valence-electron chi connectivity index (χ3n) is 5.85. The first-order chi connectivity index (χ1) is 17.5. The van der Waals surface area contributed by atoms with Crippen molar-refractivity contribution in [2.45, 2.75) is 32.9 Å². The molecule has 1 N–H and O–H groups in total. The number of hydrogen-bond acceptors (Lipinski definition) is 6. The summed E-state index contributed by atoms with van der Waals surface area (Å²) in [5, 5.41) is 11.4. The molecule has 2 aromatic heterocycles. The van der Waals surface area contributed by atoms with Crippen LogP contribution in [0.3, 0.4) is 0 Å². The summed E-state index contributed by atoms with van der Waals surface area (Å²) in [6, 6.07) is 17.1. The van der Waals surface area contributed by atoms with Gasteiger partial charge in [0.05, 0.1) is 12.6 Å². The van der Waals surface area contributed by atoms with Crippen molar-refractivity contribution in [1.29, 1.82) is 0 Å². The van der Waals surface area contributed by atoms with Gasteiger partial charge in [-0.3, -0.25) is 19.5 Å². The Balaban J connectivity index is 1.76. The summed E-state index contributed by atoms with van der Waals surface area (Å²) < 4.78 is 6.96. The molecule has 2 aromatic carbocycles. The molecule has 1 atom stereocenters. The maximum absolute atomic E-state index is 14.0. The Morgan fingerprint density at radius 1 is 1.06 bits per heavy atom. The van der Waals surface area contributed by atoms with Crippen LogP contribution in [0.25, 0.3) is 11.0 Å². The van der Waals surface area contributed by atoms with Crippen LogP contribution in [0, 0.1) is 5.92 Å². The minimum Gasteiger partial charge on any atom is -0.497 e. The second kappa shape index (κ2) is 11.4. The number of methoxy groups -OCH3 is 1. The van der Waals surface area contributed by atoms with Crippen molar-refractivity contribution >= 4 is 28.5 Å². The monoisotopic (exact) mass is 486 g/mol. The fourth-order valence-electron chi connectivity index (χ4n) is 3.98. The number of aromatic nitrogens is 4. The number of carbonyl (C=O) groups is 2. The van der Waals surface area contributed by atoms with E-state index in [0.717, 1.165) is 11.9 Å². The third-order valence-corrected chi connectivity index (χ3v) is 5.85. The summed E-state index contributed by atoms with van der Waals surface area (Å²) in [6.45, 7) is 4.60. The van der Waals surface area contributed by atoms with E-state index in [9.17, 15) is 9.59 Å². The van der Waals surface area contributed by atoms with E-state index < -0.39 is 6.04 Å². The lowest BCUT2D eigenvalue weighted by atomic mass is 10.0. The highest BCUT2D eigenvalue weighted by atomic mass is 16.5. The van der Waals surface area contributed by atoms with E-state index in [1.54, 1.807) is 60.6 Å². The number of carbonyl (C=O) groups excluding carboxylic acids is 2. The molecule has 186 valence electrons. The lowest BCUT2D eigenvalue weighted by Gasteiger charge is -2.31. The molecule has 0 saturated carbocycles. The maximum atomic E-state index is 14.0. The quantitative estimate of drug-likeness (QED) is 0.366. The van der Waals surface area contributed by atoms with Crippen LogP contribution >= 0.6 is 0 Å². The molecule has 0 radical (unpaired) electrons. The SMILES string of the molecule is COc1cccc(N(C(=O)Cn2nnc3ccccc32)[C@H](C(=O)NCCC(C)C)c2ccncc2)c1. The van der Waals surface area contributed by atoms with Crippen LogP contribution in [0.5, 0.6) is 5.75 Å². The molecular weight excluding hydrogens is 456 g/mol. The number of pyridine rings is 1.